The number of ether oxygens (including phenoxy) is 3. The molecule has 0 N–H and O–H groups in total. The van der Waals surface area contributed by atoms with Crippen LogP contribution in [0.1, 0.15) is 13.8 Å². The molecular formula is C21H20O5. The highest BCUT2D eigenvalue weighted by Gasteiger charge is 2.27. The van der Waals surface area contributed by atoms with Gasteiger partial charge in [0.2, 0.25) is 0 Å². The molecule has 0 radical (unpaired) electrons. The third-order valence-corrected chi connectivity index (χ3v) is 4.00. The van der Waals surface area contributed by atoms with Gasteiger partial charge in [-0.2, -0.15) is 0 Å². The molecule has 0 fully saturated rings. The molecule has 0 bridgehead atoms. The number of rotatable bonds is 5. The predicted molar refractivity (Wildman–Crippen MR) is 97.0 cm³/mol. The monoisotopic (exact) mass is 352 g/mol. The molecule has 5 nitrogen and oxygen atoms in total. The minimum atomic E-state index is -0.621. The van der Waals surface area contributed by atoms with Crippen molar-refractivity contribution in [1.29, 1.82) is 0 Å². The first-order valence-corrected chi connectivity index (χ1v) is 8.56. The topological polar surface area (TPSA) is 61.8 Å². The van der Waals surface area contributed by atoms with Crippen LogP contribution < -0.4 is 10.4 Å². The van der Waals surface area contributed by atoms with Gasteiger partial charge in [-0.1, -0.05) is 42.5 Å². The summed E-state index contributed by atoms with van der Waals surface area (Å²) in [5.74, 6) is -0.914. The molecule has 0 aromatic heterocycles. The SMILES string of the molecule is CCOC(=O)C=C(C(=O)OCC)C1=c2ccccc2=C2C=CC=CC2O1. The summed E-state index contributed by atoms with van der Waals surface area (Å²) < 4.78 is 16.2. The summed E-state index contributed by atoms with van der Waals surface area (Å²) in [4.78, 5) is 24.5. The van der Waals surface area contributed by atoms with Gasteiger partial charge in [0.15, 0.2) is 0 Å². The van der Waals surface area contributed by atoms with Gasteiger partial charge in [-0.05, 0) is 25.1 Å². The summed E-state index contributed by atoms with van der Waals surface area (Å²) >= 11 is 0. The first kappa shape index (κ1) is 17.7. The molecule has 2 aliphatic rings. The average Bonchev–Trinajstić information content (AvgIpc) is 2.66. The fraction of sp³-hybridized carbons (Fsp3) is 0.238. The minimum absolute atomic E-state index is 0.0553. The van der Waals surface area contributed by atoms with Crippen molar-refractivity contribution in [1.82, 2.24) is 0 Å². The second kappa shape index (κ2) is 7.87. The Bertz CT molecular complexity index is 933. The van der Waals surface area contributed by atoms with Gasteiger partial charge in [0.05, 0.1) is 13.2 Å². The quantitative estimate of drug-likeness (QED) is 0.594. The molecule has 1 aromatic carbocycles. The van der Waals surface area contributed by atoms with Crippen LogP contribution in [0.5, 0.6) is 0 Å². The highest BCUT2D eigenvalue weighted by atomic mass is 16.5. The number of benzene rings is 1. The van der Waals surface area contributed by atoms with E-state index in [-0.39, 0.29) is 24.9 Å². The molecule has 0 saturated heterocycles. The van der Waals surface area contributed by atoms with E-state index in [2.05, 4.69) is 0 Å². The van der Waals surface area contributed by atoms with Crippen molar-refractivity contribution in [3.8, 4) is 0 Å². The summed E-state index contributed by atoms with van der Waals surface area (Å²) in [6, 6.07) is 7.62. The lowest BCUT2D eigenvalue weighted by Gasteiger charge is -2.26. The minimum Gasteiger partial charge on any atom is -0.480 e. The normalized spacial score (nSPS) is 17.9. The molecule has 5 heteroatoms. The highest BCUT2D eigenvalue weighted by Crippen LogP contribution is 2.25. The summed E-state index contributed by atoms with van der Waals surface area (Å²) in [6.07, 6.45) is 8.53. The van der Waals surface area contributed by atoms with Gasteiger partial charge >= 0.3 is 11.9 Å². The van der Waals surface area contributed by atoms with Crippen molar-refractivity contribution in [2.24, 2.45) is 0 Å². The van der Waals surface area contributed by atoms with Crippen molar-refractivity contribution in [3.63, 3.8) is 0 Å². The Morgan fingerprint density at radius 1 is 1.08 bits per heavy atom. The molecule has 0 spiro atoms. The smallest absolute Gasteiger partial charge is 0.342 e. The zero-order chi connectivity index (χ0) is 18.5. The molecule has 134 valence electrons. The lowest BCUT2D eigenvalue weighted by Crippen LogP contribution is -2.39. The maximum Gasteiger partial charge on any atom is 0.342 e. The van der Waals surface area contributed by atoms with E-state index in [1.54, 1.807) is 13.8 Å². The standard InChI is InChI=1S/C21H20O5/c1-3-24-19(22)13-17(21(23)25-4-2)20-16-11-6-5-9-14(16)15-10-7-8-12-18(15)26-20/h5-13,18H,3-4H2,1-2H3. The van der Waals surface area contributed by atoms with E-state index in [4.69, 9.17) is 14.2 Å². The van der Waals surface area contributed by atoms with Crippen molar-refractivity contribution in [3.05, 3.63) is 70.7 Å². The number of carbonyl (C=O) groups is 2. The molecule has 1 aliphatic heterocycles. The van der Waals surface area contributed by atoms with Crippen LogP contribution in [0, 0.1) is 0 Å². The molecule has 3 rings (SSSR count). The zero-order valence-electron chi connectivity index (χ0n) is 14.7. The van der Waals surface area contributed by atoms with E-state index >= 15 is 0 Å². The van der Waals surface area contributed by atoms with Crippen molar-refractivity contribution in [2.75, 3.05) is 13.2 Å². The Morgan fingerprint density at radius 2 is 1.81 bits per heavy atom. The van der Waals surface area contributed by atoms with Gasteiger partial charge in [-0.25, -0.2) is 9.59 Å². The zero-order valence-corrected chi connectivity index (χ0v) is 14.7. The number of esters is 2. The largest absolute Gasteiger partial charge is 0.480 e. The second-order valence-electron chi connectivity index (χ2n) is 5.64. The Kier molecular flexibility index (Phi) is 5.37. The molecule has 1 unspecified atom stereocenters. The van der Waals surface area contributed by atoms with Crippen LogP contribution in [0.2, 0.25) is 0 Å². The average molecular weight is 352 g/mol. The number of carbonyl (C=O) groups excluding carboxylic acids is 2. The number of hydrogen-bond acceptors (Lipinski definition) is 5. The first-order valence-electron chi connectivity index (χ1n) is 8.56. The van der Waals surface area contributed by atoms with Crippen LogP contribution in [-0.2, 0) is 23.8 Å². The van der Waals surface area contributed by atoms with Crippen LogP contribution in [-0.4, -0.2) is 31.3 Å². The number of hydrogen-bond donors (Lipinski definition) is 0. The Morgan fingerprint density at radius 3 is 2.54 bits per heavy atom. The summed E-state index contributed by atoms with van der Waals surface area (Å²) in [6.45, 7) is 3.82. The van der Waals surface area contributed by atoms with Crippen molar-refractivity contribution < 1.29 is 23.8 Å². The summed E-state index contributed by atoms with van der Waals surface area (Å²) in [5, 5.41) is 1.70. The Labute approximate surface area is 151 Å². The van der Waals surface area contributed by atoms with Crippen LogP contribution >= 0.6 is 0 Å². The van der Waals surface area contributed by atoms with Crippen LogP contribution in [0.4, 0.5) is 0 Å². The molecule has 1 aliphatic carbocycles. The third-order valence-electron chi connectivity index (χ3n) is 4.00. The lowest BCUT2D eigenvalue weighted by molar-refractivity contribution is -0.140. The van der Waals surface area contributed by atoms with E-state index in [1.807, 2.05) is 48.6 Å². The van der Waals surface area contributed by atoms with Gasteiger partial charge in [-0.3, -0.25) is 0 Å². The molecule has 0 saturated carbocycles. The van der Waals surface area contributed by atoms with E-state index in [0.29, 0.717) is 5.76 Å². The summed E-state index contributed by atoms with van der Waals surface area (Å²) in [5.41, 5.74) is 1.06. The maximum absolute atomic E-state index is 12.5. The molecule has 26 heavy (non-hydrogen) atoms. The molecule has 1 atom stereocenters. The van der Waals surface area contributed by atoms with Gasteiger partial charge in [0.1, 0.15) is 17.4 Å². The van der Waals surface area contributed by atoms with Gasteiger partial charge in [0, 0.05) is 16.9 Å². The van der Waals surface area contributed by atoms with Crippen LogP contribution in [0.25, 0.3) is 11.3 Å². The maximum atomic E-state index is 12.5. The first-order chi connectivity index (χ1) is 12.7. The van der Waals surface area contributed by atoms with Crippen molar-refractivity contribution >= 4 is 23.3 Å². The Balaban J connectivity index is 2.24. The lowest BCUT2D eigenvalue weighted by atomic mass is 9.96. The molecule has 1 heterocycles. The van der Waals surface area contributed by atoms with E-state index in [1.165, 1.54) is 0 Å². The van der Waals surface area contributed by atoms with Crippen molar-refractivity contribution in [2.45, 2.75) is 20.0 Å². The predicted octanol–water partition coefficient (Wildman–Crippen LogP) is 1.52. The number of allylic oxidation sites excluding steroid dienone is 2. The fourth-order valence-corrected chi connectivity index (χ4v) is 2.93. The third kappa shape index (κ3) is 3.47. The molecular weight excluding hydrogens is 332 g/mol. The van der Waals surface area contributed by atoms with E-state index < -0.39 is 11.9 Å². The number of fused-ring (bicyclic) bond motifs is 2. The highest BCUT2D eigenvalue weighted by molar-refractivity contribution is 6.06. The van der Waals surface area contributed by atoms with E-state index in [0.717, 1.165) is 22.1 Å². The molecule has 1 aromatic rings. The van der Waals surface area contributed by atoms with E-state index in [9.17, 15) is 9.59 Å². The fourth-order valence-electron chi connectivity index (χ4n) is 2.93. The Hall–Kier alpha value is -3.08. The van der Waals surface area contributed by atoms with Gasteiger partial charge in [-0.15, -0.1) is 0 Å². The van der Waals surface area contributed by atoms with Gasteiger partial charge in [0.25, 0.3) is 0 Å². The summed E-state index contributed by atoms with van der Waals surface area (Å²) in [7, 11) is 0. The molecule has 0 amide bonds. The second-order valence-corrected chi connectivity index (χ2v) is 5.64. The van der Waals surface area contributed by atoms with Crippen LogP contribution in [0.3, 0.4) is 0 Å². The van der Waals surface area contributed by atoms with Gasteiger partial charge < -0.3 is 14.2 Å². The van der Waals surface area contributed by atoms with Crippen LogP contribution in [0.15, 0.2) is 60.2 Å².